The van der Waals surface area contributed by atoms with Gasteiger partial charge in [-0.25, -0.2) is 13.4 Å². The molecular formula is C16H23N3O5S. The fraction of sp³-hybridized carbons (Fsp3) is 0.750. The van der Waals surface area contributed by atoms with Crippen LogP contribution >= 0.6 is 0 Å². The number of aromatic nitrogens is 2. The number of sulfone groups is 1. The maximum absolute atomic E-state index is 12.7. The summed E-state index contributed by atoms with van der Waals surface area (Å²) in [6, 6.07) is 0. The second kappa shape index (κ2) is 6.37. The number of carbonyl (C=O) groups is 1. The zero-order valence-corrected chi connectivity index (χ0v) is 14.9. The average molecular weight is 369 g/mol. The van der Waals surface area contributed by atoms with Gasteiger partial charge in [0, 0.05) is 38.1 Å². The molecule has 3 aliphatic rings. The number of hydrogen-bond acceptors (Lipinski definition) is 6. The summed E-state index contributed by atoms with van der Waals surface area (Å²) in [7, 11) is -3.27. The molecule has 0 aromatic carbocycles. The van der Waals surface area contributed by atoms with Gasteiger partial charge in [-0.1, -0.05) is 0 Å². The summed E-state index contributed by atoms with van der Waals surface area (Å²) >= 11 is 0. The summed E-state index contributed by atoms with van der Waals surface area (Å²) in [4.78, 5) is 18.2. The van der Waals surface area contributed by atoms with E-state index < -0.39 is 20.7 Å². The van der Waals surface area contributed by atoms with Crippen LogP contribution in [0.15, 0.2) is 18.7 Å². The number of nitrogens with zero attached hydrogens (tertiary/aromatic N) is 3. The molecule has 3 fully saturated rings. The smallest absolute Gasteiger partial charge is 0.226 e. The lowest BCUT2D eigenvalue weighted by Gasteiger charge is -2.53. The number of rotatable bonds is 3. The molecule has 1 spiro atoms. The van der Waals surface area contributed by atoms with Gasteiger partial charge in [0.2, 0.25) is 5.91 Å². The number of carbonyl (C=O) groups excluding carboxylic acids is 1. The van der Waals surface area contributed by atoms with E-state index in [9.17, 15) is 13.2 Å². The molecule has 1 aromatic rings. The molecule has 9 heteroatoms. The predicted molar refractivity (Wildman–Crippen MR) is 88.6 cm³/mol. The first-order valence-corrected chi connectivity index (χ1v) is 10.4. The highest BCUT2D eigenvalue weighted by atomic mass is 32.2. The lowest BCUT2D eigenvalue weighted by molar-refractivity contribution is -0.171. The van der Waals surface area contributed by atoms with E-state index in [1.165, 1.54) is 0 Å². The molecular weight excluding hydrogens is 346 g/mol. The van der Waals surface area contributed by atoms with Gasteiger partial charge < -0.3 is 18.9 Å². The van der Waals surface area contributed by atoms with Crippen LogP contribution in [-0.4, -0.2) is 78.3 Å². The average Bonchev–Trinajstić information content (AvgIpc) is 3.07. The maximum Gasteiger partial charge on any atom is 0.226 e. The van der Waals surface area contributed by atoms with Crippen molar-refractivity contribution in [3.63, 3.8) is 0 Å². The quantitative estimate of drug-likeness (QED) is 0.727. The van der Waals surface area contributed by atoms with Gasteiger partial charge in [0.05, 0.1) is 31.8 Å². The van der Waals surface area contributed by atoms with Crippen molar-refractivity contribution in [2.45, 2.75) is 30.2 Å². The monoisotopic (exact) mass is 369 g/mol. The predicted octanol–water partition coefficient (Wildman–Crippen LogP) is -0.296. The van der Waals surface area contributed by atoms with Gasteiger partial charge in [0.15, 0.2) is 9.84 Å². The minimum atomic E-state index is -3.27. The van der Waals surface area contributed by atoms with Crippen molar-refractivity contribution in [3.8, 4) is 0 Å². The molecule has 1 aromatic heterocycles. The SMILES string of the molecule is O=C(C1CCOCC1)N1CC2(C1)CS(=O)(=O)[C@@H](Cn1ccnc1)CO2. The molecule has 1 atom stereocenters. The van der Waals surface area contributed by atoms with Crippen molar-refractivity contribution < 1.29 is 22.7 Å². The number of ether oxygens (including phenoxy) is 2. The normalized spacial score (nSPS) is 28.6. The van der Waals surface area contributed by atoms with Crippen molar-refractivity contribution in [1.29, 1.82) is 0 Å². The van der Waals surface area contributed by atoms with Crippen LogP contribution in [0.3, 0.4) is 0 Å². The summed E-state index contributed by atoms with van der Waals surface area (Å²) < 4.78 is 38.3. The van der Waals surface area contributed by atoms with Crippen LogP contribution < -0.4 is 0 Å². The Bertz CT molecular complexity index is 721. The summed E-state index contributed by atoms with van der Waals surface area (Å²) in [6.07, 6.45) is 6.47. The Morgan fingerprint density at radius 1 is 1.28 bits per heavy atom. The first-order valence-electron chi connectivity index (χ1n) is 8.65. The van der Waals surface area contributed by atoms with Crippen molar-refractivity contribution >= 4 is 15.7 Å². The van der Waals surface area contributed by atoms with E-state index in [1.807, 2.05) is 0 Å². The fourth-order valence-electron chi connectivity index (χ4n) is 3.89. The zero-order chi connectivity index (χ0) is 17.5. The molecule has 0 aliphatic carbocycles. The van der Waals surface area contributed by atoms with Crippen LogP contribution in [0.4, 0.5) is 0 Å². The molecule has 0 saturated carbocycles. The second-order valence-corrected chi connectivity index (χ2v) is 9.54. The van der Waals surface area contributed by atoms with Gasteiger partial charge in [-0.3, -0.25) is 4.79 Å². The summed E-state index contributed by atoms with van der Waals surface area (Å²) in [5.74, 6) is 0.0902. The van der Waals surface area contributed by atoms with E-state index in [0.717, 1.165) is 12.8 Å². The van der Waals surface area contributed by atoms with E-state index in [-0.39, 0.29) is 24.2 Å². The molecule has 3 aliphatic heterocycles. The Balaban J connectivity index is 1.35. The number of likely N-dealkylation sites (tertiary alicyclic amines) is 1. The maximum atomic E-state index is 12.7. The molecule has 0 radical (unpaired) electrons. The molecule has 0 N–H and O–H groups in total. The zero-order valence-electron chi connectivity index (χ0n) is 14.0. The molecule has 0 bridgehead atoms. The minimum Gasteiger partial charge on any atom is -0.381 e. The Labute approximate surface area is 147 Å². The number of imidazole rings is 1. The van der Waals surface area contributed by atoms with Gasteiger partial charge in [0.1, 0.15) is 10.9 Å². The third-order valence-corrected chi connectivity index (χ3v) is 7.59. The highest BCUT2D eigenvalue weighted by molar-refractivity contribution is 7.92. The Kier molecular flexibility index (Phi) is 4.33. The van der Waals surface area contributed by atoms with E-state index in [1.54, 1.807) is 28.2 Å². The second-order valence-electron chi connectivity index (χ2n) is 7.26. The molecule has 4 rings (SSSR count). The number of hydrogen-bond donors (Lipinski definition) is 0. The molecule has 1 amide bonds. The standard InChI is InChI=1S/C16H23N3O5S/c20-15(13-1-5-23-6-2-13)19-9-16(10-19)11-25(21,22)14(8-24-16)7-18-4-3-17-12-18/h3-4,12-14H,1-2,5-11H2/t14-/m0/s1. The Morgan fingerprint density at radius 3 is 2.68 bits per heavy atom. The lowest BCUT2D eigenvalue weighted by Crippen LogP contribution is -2.71. The molecule has 138 valence electrons. The number of amides is 1. The van der Waals surface area contributed by atoms with Crippen LogP contribution in [-0.2, 0) is 30.7 Å². The minimum absolute atomic E-state index is 0.000266. The molecule has 0 unspecified atom stereocenters. The van der Waals surface area contributed by atoms with Crippen molar-refractivity contribution in [1.82, 2.24) is 14.5 Å². The van der Waals surface area contributed by atoms with Crippen molar-refractivity contribution in [3.05, 3.63) is 18.7 Å². The summed E-state index contributed by atoms with van der Waals surface area (Å²) in [6.45, 7) is 2.51. The summed E-state index contributed by atoms with van der Waals surface area (Å²) in [5, 5.41) is -0.562. The van der Waals surface area contributed by atoms with Gasteiger partial charge in [-0.05, 0) is 12.8 Å². The molecule has 25 heavy (non-hydrogen) atoms. The first kappa shape index (κ1) is 17.0. The highest BCUT2D eigenvalue weighted by Gasteiger charge is 2.54. The van der Waals surface area contributed by atoms with Crippen LogP contribution in [0, 0.1) is 5.92 Å². The van der Waals surface area contributed by atoms with Crippen molar-refractivity contribution in [2.24, 2.45) is 5.92 Å². The van der Waals surface area contributed by atoms with Gasteiger partial charge >= 0.3 is 0 Å². The van der Waals surface area contributed by atoms with Crippen LogP contribution in [0.2, 0.25) is 0 Å². The third-order valence-electron chi connectivity index (χ3n) is 5.36. The summed E-state index contributed by atoms with van der Waals surface area (Å²) in [5.41, 5.74) is -0.717. The largest absolute Gasteiger partial charge is 0.381 e. The van der Waals surface area contributed by atoms with Crippen LogP contribution in [0.5, 0.6) is 0 Å². The van der Waals surface area contributed by atoms with E-state index >= 15 is 0 Å². The third kappa shape index (κ3) is 3.32. The first-order chi connectivity index (χ1) is 12.0. The molecule has 4 heterocycles. The van der Waals surface area contributed by atoms with E-state index in [2.05, 4.69) is 4.98 Å². The molecule has 3 saturated heterocycles. The molecule has 8 nitrogen and oxygen atoms in total. The van der Waals surface area contributed by atoms with Gasteiger partial charge in [-0.15, -0.1) is 0 Å². The van der Waals surface area contributed by atoms with E-state index in [4.69, 9.17) is 9.47 Å². The highest BCUT2D eigenvalue weighted by Crippen LogP contribution is 2.34. The lowest BCUT2D eigenvalue weighted by atomic mass is 9.91. The van der Waals surface area contributed by atoms with E-state index in [0.29, 0.717) is 32.8 Å². The van der Waals surface area contributed by atoms with Crippen molar-refractivity contribution in [2.75, 3.05) is 38.7 Å². The Hall–Kier alpha value is -1.45. The Morgan fingerprint density at radius 2 is 2.04 bits per heavy atom. The fourth-order valence-corrected chi connectivity index (χ4v) is 5.80. The van der Waals surface area contributed by atoms with Gasteiger partial charge in [-0.2, -0.15) is 0 Å². The topological polar surface area (TPSA) is 90.7 Å². The van der Waals surface area contributed by atoms with Gasteiger partial charge in [0.25, 0.3) is 0 Å². The van der Waals surface area contributed by atoms with Crippen LogP contribution in [0.1, 0.15) is 12.8 Å². The van der Waals surface area contributed by atoms with Crippen LogP contribution in [0.25, 0.3) is 0 Å².